The number of aromatic nitrogens is 4. The average Bonchev–Trinajstić information content (AvgIpc) is 3.27. The van der Waals surface area contributed by atoms with Crippen molar-refractivity contribution < 1.29 is 14.6 Å². The van der Waals surface area contributed by atoms with Crippen LogP contribution in [0.4, 0.5) is 11.4 Å². The lowest BCUT2D eigenvalue weighted by Gasteiger charge is -2.28. The summed E-state index contributed by atoms with van der Waals surface area (Å²) in [5.74, 6) is 1.35. The molecule has 8 heteroatoms. The van der Waals surface area contributed by atoms with E-state index < -0.39 is 6.10 Å². The molecule has 2 aromatic heterocycles. The SMILES string of the molecule is CC[C@@H](O)CN(c1cc(OC)cc(OC)c1)c1ccc2ncc(-c3cnn(C)c3)nc2c1. The second-order valence-electron chi connectivity index (χ2n) is 7.57. The number of anilines is 2. The van der Waals surface area contributed by atoms with Gasteiger partial charge in [-0.15, -0.1) is 0 Å². The fraction of sp³-hybridized carbons (Fsp3) is 0.292. The highest BCUT2D eigenvalue weighted by atomic mass is 16.5. The summed E-state index contributed by atoms with van der Waals surface area (Å²) in [6.45, 7) is 2.37. The lowest BCUT2D eigenvalue weighted by molar-refractivity contribution is 0.178. The van der Waals surface area contributed by atoms with Crippen LogP contribution in [0.1, 0.15) is 13.3 Å². The fourth-order valence-corrected chi connectivity index (χ4v) is 3.51. The predicted molar refractivity (Wildman–Crippen MR) is 125 cm³/mol. The summed E-state index contributed by atoms with van der Waals surface area (Å²) in [4.78, 5) is 11.4. The summed E-state index contributed by atoms with van der Waals surface area (Å²) in [6, 6.07) is 11.6. The van der Waals surface area contributed by atoms with Gasteiger partial charge in [-0.05, 0) is 24.6 Å². The lowest BCUT2D eigenvalue weighted by Crippen LogP contribution is -2.28. The van der Waals surface area contributed by atoms with E-state index in [-0.39, 0.29) is 0 Å². The molecule has 0 saturated heterocycles. The summed E-state index contributed by atoms with van der Waals surface area (Å²) in [5, 5.41) is 14.7. The molecule has 2 aromatic carbocycles. The maximum atomic E-state index is 10.5. The van der Waals surface area contributed by atoms with Crippen molar-refractivity contribution in [1.82, 2.24) is 19.7 Å². The first kappa shape index (κ1) is 21.6. The van der Waals surface area contributed by atoms with Crippen LogP contribution >= 0.6 is 0 Å². The smallest absolute Gasteiger partial charge is 0.124 e. The number of hydrogen-bond acceptors (Lipinski definition) is 7. The van der Waals surface area contributed by atoms with E-state index in [1.807, 2.05) is 61.5 Å². The van der Waals surface area contributed by atoms with Gasteiger partial charge >= 0.3 is 0 Å². The fourth-order valence-electron chi connectivity index (χ4n) is 3.51. The molecular weight excluding hydrogens is 406 g/mol. The van der Waals surface area contributed by atoms with E-state index in [9.17, 15) is 5.11 Å². The molecule has 32 heavy (non-hydrogen) atoms. The Balaban J connectivity index is 1.80. The third kappa shape index (κ3) is 4.50. The Hall–Kier alpha value is -3.65. The molecule has 0 saturated carbocycles. The van der Waals surface area contributed by atoms with Gasteiger partial charge in [-0.25, -0.2) is 4.98 Å². The summed E-state index contributed by atoms with van der Waals surface area (Å²) in [6.07, 6.45) is 5.56. The van der Waals surface area contributed by atoms with Crippen molar-refractivity contribution in [3.8, 4) is 22.8 Å². The molecule has 4 aromatic rings. The van der Waals surface area contributed by atoms with Crippen LogP contribution in [-0.2, 0) is 7.05 Å². The number of aliphatic hydroxyl groups is 1. The molecule has 0 fully saturated rings. The van der Waals surface area contributed by atoms with E-state index in [1.165, 1.54) is 0 Å². The summed E-state index contributed by atoms with van der Waals surface area (Å²) in [7, 11) is 5.11. The van der Waals surface area contributed by atoms with Crippen molar-refractivity contribution in [2.75, 3.05) is 25.7 Å². The summed E-state index contributed by atoms with van der Waals surface area (Å²) < 4.78 is 12.6. The molecular formula is C24H27N5O3. The maximum absolute atomic E-state index is 10.5. The highest BCUT2D eigenvalue weighted by molar-refractivity contribution is 5.82. The average molecular weight is 434 g/mol. The van der Waals surface area contributed by atoms with Gasteiger partial charge in [0.05, 0.1) is 49.4 Å². The van der Waals surface area contributed by atoms with Crippen molar-refractivity contribution in [1.29, 1.82) is 0 Å². The number of ether oxygens (including phenoxy) is 2. The number of aliphatic hydroxyl groups excluding tert-OH is 1. The first-order valence-electron chi connectivity index (χ1n) is 10.4. The standard InChI is InChI=1S/C24H27N5O3/c1-5-19(30)15-29(18-8-20(31-3)11-21(9-18)32-4)17-6-7-22-23(10-17)27-24(13-25-22)16-12-26-28(2)14-16/h6-14,19,30H,5,15H2,1-4H3/t19-/m1/s1. The van der Waals surface area contributed by atoms with Crippen LogP contribution in [0.25, 0.3) is 22.3 Å². The van der Waals surface area contributed by atoms with Crippen LogP contribution in [0.2, 0.25) is 0 Å². The minimum absolute atomic E-state index is 0.411. The van der Waals surface area contributed by atoms with Crippen molar-refractivity contribution in [3.63, 3.8) is 0 Å². The maximum Gasteiger partial charge on any atom is 0.124 e. The number of aryl methyl sites for hydroxylation is 1. The largest absolute Gasteiger partial charge is 0.497 e. The Labute approximate surface area is 187 Å². The zero-order valence-corrected chi connectivity index (χ0v) is 18.7. The number of benzene rings is 2. The molecule has 1 atom stereocenters. The summed E-state index contributed by atoms with van der Waals surface area (Å²) >= 11 is 0. The zero-order valence-electron chi connectivity index (χ0n) is 18.7. The van der Waals surface area contributed by atoms with Crippen molar-refractivity contribution >= 4 is 22.4 Å². The first-order valence-corrected chi connectivity index (χ1v) is 10.4. The molecule has 2 heterocycles. The molecule has 4 rings (SSSR count). The van der Waals surface area contributed by atoms with Crippen LogP contribution in [-0.4, -0.2) is 51.7 Å². The van der Waals surface area contributed by atoms with Crippen molar-refractivity contribution in [2.24, 2.45) is 7.05 Å². The van der Waals surface area contributed by atoms with Gasteiger partial charge in [0.25, 0.3) is 0 Å². The summed E-state index contributed by atoms with van der Waals surface area (Å²) in [5.41, 5.74) is 4.95. The van der Waals surface area contributed by atoms with Gasteiger partial charge in [0.15, 0.2) is 0 Å². The van der Waals surface area contributed by atoms with Crippen LogP contribution in [0.5, 0.6) is 11.5 Å². The molecule has 0 spiro atoms. The third-order valence-electron chi connectivity index (χ3n) is 5.35. The molecule has 1 N–H and O–H groups in total. The zero-order chi connectivity index (χ0) is 22.7. The van der Waals surface area contributed by atoms with Crippen molar-refractivity contribution in [3.05, 3.63) is 55.0 Å². The lowest BCUT2D eigenvalue weighted by atomic mass is 10.1. The van der Waals surface area contributed by atoms with Gasteiger partial charge in [0.2, 0.25) is 0 Å². The van der Waals surface area contributed by atoms with Crippen LogP contribution in [0.3, 0.4) is 0 Å². The monoisotopic (exact) mass is 433 g/mol. The topological polar surface area (TPSA) is 85.5 Å². The number of hydrogen-bond donors (Lipinski definition) is 1. The minimum Gasteiger partial charge on any atom is -0.497 e. The number of rotatable bonds is 8. The molecule has 8 nitrogen and oxygen atoms in total. The molecule has 0 unspecified atom stereocenters. The second-order valence-corrected chi connectivity index (χ2v) is 7.57. The van der Waals surface area contributed by atoms with Gasteiger partial charge in [-0.2, -0.15) is 5.10 Å². The minimum atomic E-state index is -0.504. The number of methoxy groups -OCH3 is 2. The first-order chi connectivity index (χ1) is 15.5. The molecule has 0 aliphatic carbocycles. The highest BCUT2D eigenvalue weighted by Gasteiger charge is 2.17. The van der Waals surface area contributed by atoms with E-state index in [0.29, 0.717) is 24.5 Å². The Morgan fingerprint density at radius 1 is 1.00 bits per heavy atom. The molecule has 0 aliphatic rings. The molecule has 0 amide bonds. The van der Waals surface area contributed by atoms with Crippen LogP contribution < -0.4 is 14.4 Å². The van der Waals surface area contributed by atoms with E-state index in [4.69, 9.17) is 14.5 Å². The van der Waals surface area contributed by atoms with E-state index in [0.717, 1.165) is 33.7 Å². The van der Waals surface area contributed by atoms with Gasteiger partial charge in [-0.3, -0.25) is 9.67 Å². The molecule has 0 aliphatic heterocycles. The van der Waals surface area contributed by atoms with Gasteiger partial charge < -0.3 is 19.5 Å². The van der Waals surface area contributed by atoms with Crippen molar-refractivity contribution in [2.45, 2.75) is 19.4 Å². The quantitative estimate of drug-likeness (QED) is 0.450. The Kier molecular flexibility index (Phi) is 6.23. The molecule has 0 radical (unpaired) electrons. The number of fused-ring (bicyclic) bond motifs is 1. The van der Waals surface area contributed by atoms with E-state index in [2.05, 4.69) is 10.1 Å². The molecule has 166 valence electrons. The van der Waals surface area contributed by atoms with Gasteiger partial charge in [0.1, 0.15) is 11.5 Å². The van der Waals surface area contributed by atoms with Gasteiger partial charge in [-0.1, -0.05) is 6.92 Å². The van der Waals surface area contributed by atoms with Gasteiger partial charge in [0, 0.05) is 54.9 Å². The van der Waals surface area contributed by atoms with E-state index >= 15 is 0 Å². The Morgan fingerprint density at radius 2 is 1.75 bits per heavy atom. The number of nitrogens with zero attached hydrogens (tertiary/aromatic N) is 5. The van der Waals surface area contributed by atoms with Crippen LogP contribution in [0.15, 0.2) is 55.0 Å². The van der Waals surface area contributed by atoms with Crippen LogP contribution in [0, 0.1) is 0 Å². The predicted octanol–water partition coefficient (Wildman–Crippen LogP) is 3.96. The van der Waals surface area contributed by atoms with E-state index in [1.54, 1.807) is 31.3 Å². The third-order valence-corrected chi connectivity index (χ3v) is 5.35. The highest BCUT2D eigenvalue weighted by Crippen LogP contribution is 2.34. The Morgan fingerprint density at radius 3 is 2.38 bits per heavy atom. The Bertz CT molecular complexity index is 1200. The second kappa shape index (κ2) is 9.23. The normalized spacial score (nSPS) is 12.0. The molecule has 0 bridgehead atoms.